The summed E-state index contributed by atoms with van der Waals surface area (Å²) in [4.78, 5) is 11.2. The van der Waals surface area contributed by atoms with Crippen LogP contribution in [0, 0.1) is 5.92 Å². The molecule has 0 aliphatic rings. The zero-order valence-corrected chi connectivity index (χ0v) is 11.8. The first-order valence-electron chi connectivity index (χ1n) is 5.85. The number of carbonyl (C=O) groups excluding carboxylic acids is 1. The van der Waals surface area contributed by atoms with E-state index in [4.69, 9.17) is 11.5 Å². The highest BCUT2D eigenvalue weighted by Gasteiger charge is 2.25. The van der Waals surface area contributed by atoms with Gasteiger partial charge in [0.15, 0.2) is 0 Å². The Balaban J connectivity index is 2.81. The highest BCUT2D eigenvalue weighted by Crippen LogP contribution is 2.10. The molecule has 5 N–H and O–H groups in total. The number of carbonyl (C=O) groups is 1. The van der Waals surface area contributed by atoms with Crippen molar-refractivity contribution in [2.24, 2.45) is 11.7 Å². The number of nitrogens with one attached hydrogen (secondary N) is 1. The molecule has 106 valence electrons. The highest BCUT2D eigenvalue weighted by molar-refractivity contribution is 7.88. The van der Waals surface area contributed by atoms with Gasteiger partial charge in [-0.15, -0.1) is 0 Å². The van der Waals surface area contributed by atoms with E-state index >= 15 is 0 Å². The molecule has 1 rings (SSSR count). The molecule has 6 nitrogen and oxygen atoms in total. The summed E-state index contributed by atoms with van der Waals surface area (Å²) in [7, 11) is -3.63. The molecular formula is C12H19N3O3S. The monoisotopic (exact) mass is 285 g/mol. The van der Waals surface area contributed by atoms with Gasteiger partial charge in [0.25, 0.3) is 0 Å². The predicted molar refractivity (Wildman–Crippen MR) is 74.4 cm³/mol. The van der Waals surface area contributed by atoms with Crippen molar-refractivity contribution in [2.75, 3.05) is 5.73 Å². The fourth-order valence-corrected chi connectivity index (χ4v) is 3.08. The number of benzene rings is 1. The fraction of sp³-hybridized carbons (Fsp3) is 0.417. The molecule has 0 aromatic heterocycles. The number of sulfonamides is 1. The van der Waals surface area contributed by atoms with E-state index in [9.17, 15) is 13.2 Å². The molecule has 1 atom stereocenters. The number of nitrogens with two attached hydrogens (primary N) is 2. The zero-order valence-electron chi connectivity index (χ0n) is 11.0. The second kappa shape index (κ2) is 6.03. The van der Waals surface area contributed by atoms with Crippen LogP contribution in [0.3, 0.4) is 0 Å². The van der Waals surface area contributed by atoms with Gasteiger partial charge >= 0.3 is 0 Å². The highest BCUT2D eigenvalue weighted by atomic mass is 32.2. The van der Waals surface area contributed by atoms with Crippen LogP contribution in [-0.4, -0.2) is 20.4 Å². The van der Waals surface area contributed by atoms with Crippen LogP contribution in [0.2, 0.25) is 0 Å². The lowest BCUT2D eigenvalue weighted by atomic mass is 10.1. The molecular weight excluding hydrogens is 266 g/mol. The van der Waals surface area contributed by atoms with E-state index in [-0.39, 0.29) is 11.7 Å². The summed E-state index contributed by atoms with van der Waals surface area (Å²) < 4.78 is 26.2. The first-order valence-corrected chi connectivity index (χ1v) is 7.50. The number of hydrogen-bond donors (Lipinski definition) is 3. The Bertz CT molecular complexity index is 538. The van der Waals surface area contributed by atoms with Gasteiger partial charge in [-0.3, -0.25) is 4.79 Å². The Morgan fingerprint density at radius 1 is 1.26 bits per heavy atom. The Labute approximate surface area is 113 Å². The lowest BCUT2D eigenvalue weighted by molar-refractivity contribution is -0.120. The summed E-state index contributed by atoms with van der Waals surface area (Å²) in [5.41, 5.74) is 11.9. The van der Waals surface area contributed by atoms with Crippen molar-refractivity contribution in [1.82, 2.24) is 4.72 Å². The van der Waals surface area contributed by atoms with Gasteiger partial charge in [-0.1, -0.05) is 26.0 Å². The maximum Gasteiger partial charge on any atom is 0.235 e. The lowest BCUT2D eigenvalue weighted by Gasteiger charge is -2.18. The molecule has 1 aromatic carbocycles. The minimum atomic E-state index is -3.63. The Morgan fingerprint density at radius 3 is 2.21 bits per heavy atom. The summed E-state index contributed by atoms with van der Waals surface area (Å²) in [5.74, 6) is -1.11. The van der Waals surface area contributed by atoms with Crippen molar-refractivity contribution in [3.8, 4) is 0 Å². The first-order chi connectivity index (χ1) is 8.71. The van der Waals surface area contributed by atoms with Gasteiger partial charge < -0.3 is 11.5 Å². The second-order valence-corrected chi connectivity index (χ2v) is 6.50. The average molecular weight is 285 g/mol. The molecule has 0 fully saturated rings. The van der Waals surface area contributed by atoms with E-state index in [2.05, 4.69) is 4.72 Å². The summed E-state index contributed by atoms with van der Waals surface area (Å²) in [6.07, 6.45) is 0. The minimum Gasteiger partial charge on any atom is -0.399 e. The van der Waals surface area contributed by atoms with Crippen LogP contribution >= 0.6 is 0 Å². The molecule has 1 unspecified atom stereocenters. The minimum absolute atomic E-state index is 0.210. The average Bonchev–Trinajstić information content (AvgIpc) is 2.28. The van der Waals surface area contributed by atoms with Crippen molar-refractivity contribution in [1.29, 1.82) is 0 Å². The van der Waals surface area contributed by atoms with Crippen LogP contribution in [0.15, 0.2) is 24.3 Å². The van der Waals surface area contributed by atoms with Crippen LogP contribution < -0.4 is 16.2 Å². The van der Waals surface area contributed by atoms with E-state index in [1.165, 1.54) is 0 Å². The number of anilines is 1. The molecule has 0 radical (unpaired) electrons. The summed E-state index contributed by atoms with van der Waals surface area (Å²) in [6.45, 7) is 3.45. The van der Waals surface area contributed by atoms with Crippen molar-refractivity contribution in [3.63, 3.8) is 0 Å². The SMILES string of the molecule is CC(C)C(NS(=O)(=O)Cc1ccc(N)cc1)C(N)=O. The van der Waals surface area contributed by atoms with Crippen LogP contribution in [0.4, 0.5) is 5.69 Å². The van der Waals surface area contributed by atoms with Gasteiger partial charge in [0, 0.05) is 5.69 Å². The van der Waals surface area contributed by atoms with E-state index in [0.717, 1.165) is 0 Å². The summed E-state index contributed by atoms with van der Waals surface area (Å²) in [6, 6.07) is 5.60. The molecule has 0 spiro atoms. The maximum atomic E-state index is 12.0. The Morgan fingerprint density at radius 2 is 1.79 bits per heavy atom. The third-order valence-electron chi connectivity index (χ3n) is 2.62. The topological polar surface area (TPSA) is 115 Å². The molecule has 0 heterocycles. The van der Waals surface area contributed by atoms with Gasteiger partial charge in [-0.2, -0.15) is 0 Å². The van der Waals surface area contributed by atoms with Gasteiger partial charge in [-0.25, -0.2) is 13.1 Å². The van der Waals surface area contributed by atoms with E-state index in [0.29, 0.717) is 11.3 Å². The largest absolute Gasteiger partial charge is 0.399 e. The molecule has 19 heavy (non-hydrogen) atoms. The Hall–Kier alpha value is -1.60. The maximum absolute atomic E-state index is 12.0. The lowest BCUT2D eigenvalue weighted by Crippen LogP contribution is -2.47. The van der Waals surface area contributed by atoms with E-state index in [1.807, 2.05) is 0 Å². The van der Waals surface area contributed by atoms with Crippen molar-refractivity contribution in [3.05, 3.63) is 29.8 Å². The van der Waals surface area contributed by atoms with Crippen molar-refractivity contribution in [2.45, 2.75) is 25.6 Å². The third kappa shape index (κ3) is 4.88. The quantitative estimate of drug-likeness (QED) is 0.647. The first kappa shape index (κ1) is 15.5. The Kier molecular flexibility index (Phi) is 4.90. The molecule has 0 saturated heterocycles. The smallest absolute Gasteiger partial charge is 0.235 e. The molecule has 0 aliphatic carbocycles. The van der Waals surface area contributed by atoms with Crippen molar-refractivity contribution < 1.29 is 13.2 Å². The van der Waals surface area contributed by atoms with Gasteiger partial charge in [-0.05, 0) is 23.6 Å². The van der Waals surface area contributed by atoms with Crippen LogP contribution in [0.1, 0.15) is 19.4 Å². The third-order valence-corrected chi connectivity index (χ3v) is 3.94. The van der Waals surface area contributed by atoms with Gasteiger partial charge in [0.05, 0.1) is 5.75 Å². The summed E-state index contributed by atoms with van der Waals surface area (Å²) >= 11 is 0. The van der Waals surface area contributed by atoms with E-state index < -0.39 is 22.0 Å². The number of primary amides is 1. The predicted octanol–water partition coefficient (Wildman–Crippen LogP) is 0.198. The number of hydrogen-bond acceptors (Lipinski definition) is 4. The van der Waals surface area contributed by atoms with Crippen LogP contribution in [-0.2, 0) is 20.6 Å². The molecule has 0 saturated carbocycles. The zero-order chi connectivity index (χ0) is 14.6. The van der Waals surface area contributed by atoms with Gasteiger partial charge in [0.2, 0.25) is 15.9 Å². The molecule has 0 bridgehead atoms. The molecule has 0 aliphatic heterocycles. The normalized spacial score (nSPS) is 13.4. The molecule has 1 amide bonds. The molecule has 7 heteroatoms. The fourth-order valence-electron chi connectivity index (χ4n) is 1.59. The second-order valence-electron chi connectivity index (χ2n) is 4.74. The van der Waals surface area contributed by atoms with E-state index in [1.54, 1.807) is 38.1 Å². The van der Waals surface area contributed by atoms with Gasteiger partial charge in [0.1, 0.15) is 6.04 Å². The summed E-state index contributed by atoms with van der Waals surface area (Å²) in [5, 5.41) is 0. The van der Waals surface area contributed by atoms with Crippen LogP contribution in [0.5, 0.6) is 0 Å². The molecule has 1 aromatic rings. The number of amides is 1. The van der Waals surface area contributed by atoms with Crippen molar-refractivity contribution >= 4 is 21.6 Å². The number of rotatable bonds is 6. The number of nitrogen functional groups attached to an aromatic ring is 1. The van der Waals surface area contributed by atoms with Crippen LogP contribution in [0.25, 0.3) is 0 Å². The standard InChI is InChI=1S/C12H19N3O3S/c1-8(2)11(12(14)16)15-19(17,18)7-9-3-5-10(13)6-4-9/h3-6,8,11,15H,7,13H2,1-2H3,(H2,14,16).